The van der Waals surface area contributed by atoms with Gasteiger partial charge in [-0.15, -0.1) is 10.2 Å². The molecular formula is C23H21N5OS. The van der Waals surface area contributed by atoms with Crippen LogP contribution in [0.2, 0.25) is 0 Å². The van der Waals surface area contributed by atoms with E-state index in [1.807, 2.05) is 84.3 Å². The number of hydrogen-bond acceptors (Lipinski definition) is 5. The van der Waals surface area contributed by atoms with Gasteiger partial charge in [0.15, 0.2) is 11.0 Å². The van der Waals surface area contributed by atoms with Gasteiger partial charge in [-0.25, -0.2) is 0 Å². The molecule has 7 heteroatoms. The largest absolute Gasteiger partial charge is 0.349 e. The van der Waals surface area contributed by atoms with Gasteiger partial charge in [0.1, 0.15) is 0 Å². The van der Waals surface area contributed by atoms with Gasteiger partial charge in [0, 0.05) is 23.6 Å². The molecule has 2 aromatic heterocycles. The van der Waals surface area contributed by atoms with Crippen molar-refractivity contribution in [2.24, 2.45) is 0 Å². The zero-order valence-electron chi connectivity index (χ0n) is 16.5. The summed E-state index contributed by atoms with van der Waals surface area (Å²) < 4.78 is 1.97. The van der Waals surface area contributed by atoms with Crippen LogP contribution in [0.1, 0.15) is 18.5 Å². The number of pyridine rings is 1. The number of nitrogens with one attached hydrogen (secondary N) is 1. The summed E-state index contributed by atoms with van der Waals surface area (Å²) in [5.74, 6) is 0.909. The van der Waals surface area contributed by atoms with Crippen molar-refractivity contribution in [2.45, 2.75) is 18.1 Å². The molecule has 0 bridgehead atoms. The maximum absolute atomic E-state index is 12.5. The Morgan fingerprint density at radius 1 is 0.967 bits per heavy atom. The number of benzene rings is 2. The molecule has 2 heterocycles. The monoisotopic (exact) mass is 415 g/mol. The second-order valence-corrected chi connectivity index (χ2v) is 7.64. The van der Waals surface area contributed by atoms with E-state index in [9.17, 15) is 4.79 Å². The number of carbonyl (C=O) groups is 1. The minimum Gasteiger partial charge on any atom is -0.349 e. The highest BCUT2D eigenvalue weighted by atomic mass is 32.2. The van der Waals surface area contributed by atoms with Crippen LogP contribution in [-0.2, 0) is 4.79 Å². The van der Waals surface area contributed by atoms with Crippen LogP contribution < -0.4 is 5.32 Å². The molecule has 2 aromatic carbocycles. The zero-order chi connectivity index (χ0) is 20.8. The molecule has 0 unspecified atom stereocenters. The van der Waals surface area contributed by atoms with E-state index in [0.717, 1.165) is 16.8 Å². The third-order valence-corrected chi connectivity index (χ3v) is 5.52. The smallest absolute Gasteiger partial charge is 0.230 e. The van der Waals surface area contributed by atoms with Crippen molar-refractivity contribution in [2.75, 3.05) is 5.75 Å². The van der Waals surface area contributed by atoms with Crippen molar-refractivity contribution in [3.63, 3.8) is 0 Å². The third-order valence-electron chi connectivity index (χ3n) is 4.60. The Kier molecular flexibility index (Phi) is 6.20. The predicted octanol–water partition coefficient (Wildman–Crippen LogP) is 4.30. The number of nitrogens with zero attached hydrogens (tertiary/aromatic N) is 4. The summed E-state index contributed by atoms with van der Waals surface area (Å²) >= 11 is 1.36. The van der Waals surface area contributed by atoms with E-state index in [-0.39, 0.29) is 17.7 Å². The highest BCUT2D eigenvalue weighted by Crippen LogP contribution is 2.27. The van der Waals surface area contributed by atoms with E-state index in [1.54, 1.807) is 12.4 Å². The molecular weight excluding hydrogens is 394 g/mol. The van der Waals surface area contributed by atoms with E-state index < -0.39 is 0 Å². The van der Waals surface area contributed by atoms with E-state index in [0.29, 0.717) is 11.0 Å². The van der Waals surface area contributed by atoms with Gasteiger partial charge in [0.2, 0.25) is 5.91 Å². The molecule has 1 atom stereocenters. The Morgan fingerprint density at radius 3 is 2.33 bits per heavy atom. The molecule has 0 aliphatic carbocycles. The summed E-state index contributed by atoms with van der Waals surface area (Å²) in [6.07, 6.45) is 3.45. The number of hydrogen-bond donors (Lipinski definition) is 1. The first-order valence-electron chi connectivity index (χ1n) is 9.60. The van der Waals surface area contributed by atoms with Crippen molar-refractivity contribution in [1.82, 2.24) is 25.1 Å². The van der Waals surface area contributed by atoms with Crippen molar-refractivity contribution in [3.8, 4) is 17.1 Å². The van der Waals surface area contributed by atoms with Gasteiger partial charge in [-0.3, -0.25) is 14.3 Å². The molecule has 4 aromatic rings. The minimum absolute atomic E-state index is 0.0515. The summed E-state index contributed by atoms with van der Waals surface area (Å²) in [4.78, 5) is 16.6. The highest BCUT2D eigenvalue weighted by Gasteiger charge is 2.18. The van der Waals surface area contributed by atoms with Crippen LogP contribution in [0, 0.1) is 0 Å². The molecule has 1 amide bonds. The van der Waals surface area contributed by atoms with E-state index >= 15 is 0 Å². The van der Waals surface area contributed by atoms with E-state index in [1.165, 1.54) is 11.8 Å². The highest BCUT2D eigenvalue weighted by molar-refractivity contribution is 7.99. The Labute approximate surface area is 179 Å². The molecule has 0 radical (unpaired) electrons. The fourth-order valence-electron chi connectivity index (χ4n) is 3.10. The normalized spacial score (nSPS) is 11.8. The lowest BCUT2D eigenvalue weighted by Gasteiger charge is -2.14. The lowest BCUT2D eigenvalue weighted by molar-refractivity contribution is -0.119. The molecule has 30 heavy (non-hydrogen) atoms. The zero-order valence-corrected chi connectivity index (χ0v) is 17.3. The molecule has 0 aliphatic heterocycles. The number of amides is 1. The second-order valence-electron chi connectivity index (χ2n) is 6.70. The molecule has 0 saturated heterocycles. The molecule has 0 aliphatic rings. The van der Waals surface area contributed by atoms with Gasteiger partial charge in [0.05, 0.1) is 11.8 Å². The molecule has 4 rings (SSSR count). The van der Waals surface area contributed by atoms with Crippen LogP contribution >= 0.6 is 11.8 Å². The molecule has 1 N–H and O–H groups in total. The first-order valence-corrected chi connectivity index (χ1v) is 10.6. The second kappa shape index (κ2) is 9.37. The number of rotatable bonds is 7. The quantitative estimate of drug-likeness (QED) is 0.456. The average molecular weight is 416 g/mol. The average Bonchev–Trinajstić information content (AvgIpc) is 3.23. The van der Waals surface area contributed by atoms with Gasteiger partial charge >= 0.3 is 0 Å². The van der Waals surface area contributed by atoms with Gasteiger partial charge in [0.25, 0.3) is 0 Å². The summed E-state index contributed by atoms with van der Waals surface area (Å²) in [5.41, 5.74) is 2.92. The lowest BCUT2D eigenvalue weighted by atomic mass is 10.1. The third kappa shape index (κ3) is 4.58. The summed E-state index contributed by atoms with van der Waals surface area (Å²) in [5, 5.41) is 12.4. The van der Waals surface area contributed by atoms with Gasteiger partial charge in [-0.1, -0.05) is 60.3 Å². The minimum atomic E-state index is -0.0568. The van der Waals surface area contributed by atoms with Crippen molar-refractivity contribution in [1.29, 1.82) is 0 Å². The first-order chi connectivity index (χ1) is 14.7. The predicted molar refractivity (Wildman–Crippen MR) is 118 cm³/mol. The Bertz CT molecular complexity index is 1100. The number of aromatic nitrogens is 4. The standard InChI is InChI=1S/C23H21N5OS/c1-17(18-8-4-2-5-9-18)25-21(29)16-30-23-27-26-22(19-12-14-24-15-13-19)28(23)20-10-6-3-7-11-20/h2-15,17H,16H2,1H3,(H,25,29)/t17-/m0/s1. The van der Waals surface area contributed by atoms with Crippen LogP contribution in [-0.4, -0.2) is 31.4 Å². The van der Waals surface area contributed by atoms with E-state index in [4.69, 9.17) is 0 Å². The Morgan fingerprint density at radius 2 is 1.63 bits per heavy atom. The number of thioether (sulfide) groups is 1. The van der Waals surface area contributed by atoms with Crippen LogP contribution in [0.25, 0.3) is 17.1 Å². The maximum Gasteiger partial charge on any atom is 0.230 e. The molecule has 150 valence electrons. The van der Waals surface area contributed by atoms with Crippen molar-refractivity contribution >= 4 is 17.7 Å². The molecule has 6 nitrogen and oxygen atoms in total. The number of para-hydroxylation sites is 1. The molecule has 0 fully saturated rings. The maximum atomic E-state index is 12.5. The summed E-state index contributed by atoms with van der Waals surface area (Å²) in [7, 11) is 0. The van der Waals surface area contributed by atoms with Crippen molar-refractivity contribution in [3.05, 3.63) is 90.8 Å². The lowest BCUT2D eigenvalue weighted by Crippen LogP contribution is -2.28. The van der Waals surface area contributed by atoms with Gasteiger partial charge < -0.3 is 5.32 Å². The van der Waals surface area contributed by atoms with Crippen LogP contribution in [0.5, 0.6) is 0 Å². The SMILES string of the molecule is C[C@H](NC(=O)CSc1nnc(-c2ccncc2)n1-c1ccccc1)c1ccccc1. The van der Waals surface area contributed by atoms with Crippen LogP contribution in [0.3, 0.4) is 0 Å². The Hall–Kier alpha value is -3.45. The first kappa shape index (κ1) is 19.8. The van der Waals surface area contributed by atoms with Gasteiger partial charge in [-0.2, -0.15) is 0 Å². The molecule has 0 spiro atoms. The topological polar surface area (TPSA) is 72.7 Å². The summed E-state index contributed by atoms with van der Waals surface area (Å²) in [6, 6.07) is 23.5. The summed E-state index contributed by atoms with van der Waals surface area (Å²) in [6.45, 7) is 1.98. The molecule has 0 saturated carbocycles. The van der Waals surface area contributed by atoms with Crippen LogP contribution in [0.4, 0.5) is 0 Å². The van der Waals surface area contributed by atoms with Gasteiger partial charge in [-0.05, 0) is 36.8 Å². The fourth-order valence-corrected chi connectivity index (χ4v) is 3.86. The Balaban J connectivity index is 1.53. The van der Waals surface area contributed by atoms with E-state index in [2.05, 4.69) is 20.5 Å². The fraction of sp³-hybridized carbons (Fsp3) is 0.130. The van der Waals surface area contributed by atoms with Crippen molar-refractivity contribution < 1.29 is 4.79 Å². The number of carbonyl (C=O) groups excluding carboxylic acids is 1. The van der Waals surface area contributed by atoms with Crippen LogP contribution in [0.15, 0.2) is 90.3 Å².